The van der Waals surface area contributed by atoms with Gasteiger partial charge in [-0.3, -0.25) is 0 Å². The van der Waals surface area contributed by atoms with Crippen molar-refractivity contribution in [1.29, 1.82) is 0 Å². The quantitative estimate of drug-likeness (QED) is 0.790. The maximum Gasteiger partial charge on any atom is 0.150 e. The first-order valence-electron chi connectivity index (χ1n) is 6.35. The van der Waals surface area contributed by atoms with Gasteiger partial charge >= 0.3 is 0 Å². The van der Waals surface area contributed by atoms with Crippen LogP contribution in [0.1, 0.15) is 24.3 Å². The Balaban J connectivity index is 2.18. The Morgan fingerprint density at radius 2 is 2.00 bits per heavy atom. The van der Waals surface area contributed by atoms with Gasteiger partial charge in [-0.1, -0.05) is 12.1 Å². The normalized spacial score (nSPS) is 20.7. The lowest BCUT2D eigenvalue weighted by molar-refractivity contribution is -0.110. The maximum absolute atomic E-state index is 11.4. The Labute approximate surface area is 113 Å². The van der Waals surface area contributed by atoms with Gasteiger partial charge in [-0.2, -0.15) is 0 Å². The van der Waals surface area contributed by atoms with Crippen molar-refractivity contribution in [2.24, 2.45) is 5.92 Å². The highest BCUT2D eigenvalue weighted by atomic mass is 32.2. The van der Waals surface area contributed by atoms with Gasteiger partial charge in [0.05, 0.1) is 18.6 Å². The molecule has 0 saturated carbocycles. The van der Waals surface area contributed by atoms with Gasteiger partial charge in [0.15, 0.2) is 0 Å². The van der Waals surface area contributed by atoms with Crippen molar-refractivity contribution in [1.82, 2.24) is 0 Å². The van der Waals surface area contributed by atoms with Crippen LogP contribution in [-0.4, -0.2) is 33.3 Å². The first kappa shape index (κ1) is 14.1. The fourth-order valence-corrected chi connectivity index (χ4v) is 4.11. The third-order valence-electron chi connectivity index (χ3n) is 3.73. The van der Waals surface area contributed by atoms with Crippen LogP contribution in [0.3, 0.4) is 0 Å². The molecule has 1 aliphatic heterocycles. The minimum absolute atomic E-state index is 0.105. The summed E-state index contributed by atoms with van der Waals surface area (Å²) in [5.41, 5.74) is 0.902. The molecule has 4 nitrogen and oxygen atoms in total. The molecule has 104 valence electrons. The van der Waals surface area contributed by atoms with E-state index in [1.54, 1.807) is 7.11 Å². The number of rotatable bonds is 4. The number of methoxy groups -OCH3 is 1. The van der Waals surface area contributed by atoms with Crippen LogP contribution in [0.4, 0.5) is 0 Å². The summed E-state index contributed by atoms with van der Waals surface area (Å²) in [6, 6.07) is 7.42. The van der Waals surface area contributed by atoms with E-state index in [4.69, 9.17) is 4.74 Å². The molecule has 19 heavy (non-hydrogen) atoms. The molecule has 0 aromatic heterocycles. The van der Waals surface area contributed by atoms with Crippen molar-refractivity contribution in [3.05, 3.63) is 29.8 Å². The van der Waals surface area contributed by atoms with Crippen LogP contribution in [0.25, 0.3) is 0 Å². The maximum atomic E-state index is 11.4. The Bertz CT molecular complexity index is 536. The number of hydrogen-bond acceptors (Lipinski definition) is 4. The van der Waals surface area contributed by atoms with E-state index in [-0.39, 0.29) is 23.3 Å². The smallest absolute Gasteiger partial charge is 0.150 e. The average molecular weight is 282 g/mol. The second kappa shape index (κ2) is 5.74. The van der Waals surface area contributed by atoms with Gasteiger partial charge in [0.25, 0.3) is 0 Å². The van der Waals surface area contributed by atoms with Crippen molar-refractivity contribution in [3.8, 4) is 5.75 Å². The number of hydrogen-bond donors (Lipinski definition) is 0. The molecule has 5 heteroatoms. The van der Waals surface area contributed by atoms with Crippen LogP contribution in [0, 0.1) is 5.92 Å². The molecule has 0 spiro atoms. The Morgan fingerprint density at radius 1 is 1.32 bits per heavy atom. The van der Waals surface area contributed by atoms with E-state index in [2.05, 4.69) is 0 Å². The highest BCUT2D eigenvalue weighted by Crippen LogP contribution is 2.33. The lowest BCUT2D eigenvalue weighted by Crippen LogP contribution is -2.27. The second-order valence-corrected chi connectivity index (χ2v) is 7.23. The van der Waals surface area contributed by atoms with E-state index in [0.717, 1.165) is 11.8 Å². The number of aldehydes is 1. The van der Waals surface area contributed by atoms with Gasteiger partial charge in [0.1, 0.15) is 21.9 Å². The van der Waals surface area contributed by atoms with Crippen LogP contribution < -0.4 is 4.74 Å². The molecule has 0 N–H and O–H groups in total. The van der Waals surface area contributed by atoms with Gasteiger partial charge < -0.3 is 9.53 Å². The molecule has 1 unspecified atom stereocenters. The summed E-state index contributed by atoms with van der Waals surface area (Å²) in [6.07, 6.45) is 2.04. The Kier molecular flexibility index (Phi) is 4.24. The Hall–Kier alpha value is -1.36. The van der Waals surface area contributed by atoms with Gasteiger partial charge in [0.2, 0.25) is 0 Å². The molecule has 1 fully saturated rings. The lowest BCUT2D eigenvalue weighted by Gasteiger charge is -2.27. The molecule has 1 heterocycles. The number of benzene rings is 1. The van der Waals surface area contributed by atoms with E-state index in [1.165, 1.54) is 0 Å². The Morgan fingerprint density at radius 3 is 2.58 bits per heavy atom. The predicted molar refractivity (Wildman–Crippen MR) is 73.2 cm³/mol. The average Bonchev–Trinajstić information content (AvgIpc) is 2.41. The van der Waals surface area contributed by atoms with E-state index in [0.29, 0.717) is 18.6 Å². The zero-order chi connectivity index (χ0) is 13.9. The molecule has 1 saturated heterocycles. The zero-order valence-corrected chi connectivity index (χ0v) is 11.7. The summed E-state index contributed by atoms with van der Waals surface area (Å²) < 4.78 is 28.0. The van der Waals surface area contributed by atoms with Crippen molar-refractivity contribution >= 4 is 16.1 Å². The molecule has 1 aromatic rings. The highest BCUT2D eigenvalue weighted by molar-refractivity contribution is 7.91. The summed E-state index contributed by atoms with van der Waals surface area (Å²) in [5, 5.41) is 0. The van der Waals surface area contributed by atoms with Crippen LogP contribution in [0.15, 0.2) is 24.3 Å². The number of carbonyl (C=O) groups is 1. The SMILES string of the molecule is COc1cccc(C(C=O)C2CCS(=O)(=O)CC2)c1. The summed E-state index contributed by atoms with van der Waals surface area (Å²) in [5.74, 6) is 0.948. The summed E-state index contributed by atoms with van der Waals surface area (Å²) in [4.78, 5) is 11.4. The van der Waals surface area contributed by atoms with E-state index in [9.17, 15) is 13.2 Å². The van der Waals surface area contributed by atoms with E-state index < -0.39 is 9.84 Å². The molecular weight excluding hydrogens is 264 g/mol. The third kappa shape index (κ3) is 3.35. The van der Waals surface area contributed by atoms with Gasteiger partial charge in [-0.25, -0.2) is 8.42 Å². The standard InChI is InChI=1S/C14H18O4S/c1-18-13-4-2-3-12(9-13)14(10-15)11-5-7-19(16,17)8-6-11/h2-4,9-11,14H,5-8H2,1H3. The molecule has 0 radical (unpaired) electrons. The van der Waals surface area contributed by atoms with Crippen LogP contribution in [0.2, 0.25) is 0 Å². The molecule has 1 aromatic carbocycles. The molecule has 0 aliphatic carbocycles. The molecule has 0 amide bonds. The molecule has 0 bridgehead atoms. The molecule has 2 rings (SSSR count). The number of carbonyl (C=O) groups excluding carboxylic acids is 1. The summed E-state index contributed by atoms with van der Waals surface area (Å²) in [7, 11) is -1.31. The van der Waals surface area contributed by atoms with Crippen LogP contribution in [-0.2, 0) is 14.6 Å². The zero-order valence-electron chi connectivity index (χ0n) is 10.9. The van der Waals surface area contributed by atoms with Crippen molar-refractivity contribution in [3.63, 3.8) is 0 Å². The first-order valence-corrected chi connectivity index (χ1v) is 8.17. The van der Waals surface area contributed by atoms with E-state index >= 15 is 0 Å². The lowest BCUT2D eigenvalue weighted by atomic mass is 9.83. The van der Waals surface area contributed by atoms with Gasteiger partial charge in [-0.05, 0) is 36.5 Å². The molecular formula is C14H18O4S. The summed E-state index contributed by atoms with van der Waals surface area (Å²) >= 11 is 0. The van der Waals surface area contributed by atoms with Gasteiger partial charge in [0, 0.05) is 5.92 Å². The topological polar surface area (TPSA) is 60.4 Å². The largest absolute Gasteiger partial charge is 0.497 e. The van der Waals surface area contributed by atoms with Crippen molar-refractivity contribution in [2.75, 3.05) is 18.6 Å². The van der Waals surface area contributed by atoms with Crippen LogP contribution in [0.5, 0.6) is 5.75 Å². The molecule has 1 atom stereocenters. The third-order valence-corrected chi connectivity index (χ3v) is 5.45. The minimum Gasteiger partial charge on any atom is -0.497 e. The first-order chi connectivity index (χ1) is 9.05. The van der Waals surface area contributed by atoms with Gasteiger partial charge in [-0.15, -0.1) is 0 Å². The van der Waals surface area contributed by atoms with Crippen molar-refractivity contribution < 1.29 is 17.9 Å². The minimum atomic E-state index is -2.89. The number of sulfone groups is 1. The summed E-state index contributed by atoms with van der Waals surface area (Å²) in [6.45, 7) is 0. The van der Waals surface area contributed by atoms with Crippen LogP contribution >= 0.6 is 0 Å². The van der Waals surface area contributed by atoms with Crippen molar-refractivity contribution in [2.45, 2.75) is 18.8 Å². The fraction of sp³-hybridized carbons (Fsp3) is 0.500. The fourth-order valence-electron chi connectivity index (χ4n) is 2.58. The predicted octanol–water partition coefficient (Wildman–Crippen LogP) is 1.80. The second-order valence-electron chi connectivity index (χ2n) is 4.93. The molecule has 1 aliphatic rings. The van der Waals surface area contributed by atoms with E-state index in [1.807, 2.05) is 24.3 Å². The monoisotopic (exact) mass is 282 g/mol. The number of ether oxygens (including phenoxy) is 1. The highest BCUT2D eigenvalue weighted by Gasteiger charge is 2.30.